The Morgan fingerprint density at radius 3 is 2.33 bits per heavy atom. The minimum atomic E-state index is -0.643. The van der Waals surface area contributed by atoms with Gasteiger partial charge in [0.05, 0.1) is 18.9 Å². The normalized spacial score (nSPS) is 12.0. The van der Waals surface area contributed by atoms with Crippen LogP contribution in [0.15, 0.2) is 65.5 Å². The summed E-state index contributed by atoms with van der Waals surface area (Å²) in [5, 5.41) is 17.6. The highest BCUT2D eigenvalue weighted by molar-refractivity contribution is 5.45. The molecule has 1 aromatic heterocycles. The van der Waals surface area contributed by atoms with E-state index in [2.05, 4.69) is 15.2 Å². The SMILES string of the molecule is O=c1[nH]nc(C(CO)N(OCc2ccccc2)c2ccccc2)[nH]1. The standard InChI is InChI=1S/C17H18N4O3/c22-11-15(16-18-17(23)20-19-16)21(14-9-5-2-6-10-14)24-12-13-7-3-1-4-8-13/h1-10,15,22H,11-12H2,(H2,18,19,20,23). The first-order valence-corrected chi connectivity index (χ1v) is 7.54. The number of aliphatic hydroxyl groups is 1. The van der Waals surface area contributed by atoms with E-state index in [0.29, 0.717) is 12.4 Å². The molecule has 0 aliphatic carbocycles. The molecule has 0 spiro atoms. The summed E-state index contributed by atoms with van der Waals surface area (Å²) in [5.41, 5.74) is 1.31. The number of hydrogen-bond donors (Lipinski definition) is 3. The van der Waals surface area contributed by atoms with Crippen molar-refractivity contribution in [1.29, 1.82) is 0 Å². The summed E-state index contributed by atoms with van der Waals surface area (Å²) in [7, 11) is 0. The number of nitrogens with one attached hydrogen (secondary N) is 2. The number of aromatic nitrogens is 3. The molecule has 3 N–H and O–H groups in total. The molecule has 124 valence electrons. The fourth-order valence-electron chi connectivity index (χ4n) is 2.35. The van der Waals surface area contributed by atoms with Gasteiger partial charge in [-0.15, -0.1) is 0 Å². The lowest BCUT2D eigenvalue weighted by Gasteiger charge is -2.29. The van der Waals surface area contributed by atoms with E-state index >= 15 is 0 Å². The smallest absolute Gasteiger partial charge is 0.340 e. The lowest BCUT2D eigenvalue weighted by atomic mass is 10.2. The monoisotopic (exact) mass is 326 g/mol. The maximum absolute atomic E-state index is 11.3. The molecular formula is C17H18N4O3. The van der Waals surface area contributed by atoms with Crippen molar-refractivity contribution in [3.8, 4) is 0 Å². The van der Waals surface area contributed by atoms with Crippen molar-refractivity contribution >= 4 is 5.69 Å². The van der Waals surface area contributed by atoms with E-state index < -0.39 is 11.7 Å². The van der Waals surface area contributed by atoms with Gasteiger partial charge in [0, 0.05) is 0 Å². The molecule has 0 radical (unpaired) electrons. The van der Waals surface area contributed by atoms with Gasteiger partial charge in [0.1, 0.15) is 6.04 Å². The molecule has 0 saturated heterocycles. The Balaban J connectivity index is 1.87. The summed E-state index contributed by atoms with van der Waals surface area (Å²) in [6.45, 7) is 0.0470. The fraction of sp³-hybridized carbons (Fsp3) is 0.176. The first-order valence-electron chi connectivity index (χ1n) is 7.54. The lowest BCUT2D eigenvalue weighted by molar-refractivity contribution is 0.0544. The number of anilines is 1. The molecule has 3 aromatic rings. The van der Waals surface area contributed by atoms with Crippen LogP contribution in [0.1, 0.15) is 17.4 Å². The van der Waals surface area contributed by atoms with E-state index in [-0.39, 0.29) is 6.61 Å². The molecule has 7 nitrogen and oxygen atoms in total. The highest BCUT2D eigenvalue weighted by Gasteiger charge is 2.24. The molecular weight excluding hydrogens is 308 g/mol. The average Bonchev–Trinajstić information content (AvgIpc) is 3.06. The number of rotatable bonds is 7. The van der Waals surface area contributed by atoms with Gasteiger partial charge in [-0.1, -0.05) is 48.5 Å². The van der Waals surface area contributed by atoms with E-state index in [1.807, 2.05) is 60.7 Å². The van der Waals surface area contributed by atoms with Crippen LogP contribution in [0.3, 0.4) is 0 Å². The molecule has 3 rings (SSSR count). The topological polar surface area (TPSA) is 94.2 Å². The number of benzene rings is 2. The van der Waals surface area contributed by atoms with Crippen molar-refractivity contribution in [3.63, 3.8) is 0 Å². The summed E-state index contributed by atoms with van der Waals surface area (Å²) in [5.74, 6) is 0.305. The molecule has 0 aliphatic heterocycles. The number of aromatic amines is 2. The summed E-state index contributed by atoms with van der Waals surface area (Å²) in [6, 6.07) is 18.4. The summed E-state index contributed by atoms with van der Waals surface area (Å²) < 4.78 is 0. The van der Waals surface area contributed by atoms with Crippen LogP contribution in [0.4, 0.5) is 5.69 Å². The summed E-state index contributed by atoms with van der Waals surface area (Å²) in [6.07, 6.45) is 0. The summed E-state index contributed by atoms with van der Waals surface area (Å²) >= 11 is 0. The van der Waals surface area contributed by atoms with Crippen molar-refractivity contribution in [2.24, 2.45) is 0 Å². The van der Waals surface area contributed by atoms with Crippen LogP contribution in [0.2, 0.25) is 0 Å². The Morgan fingerprint density at radius 2 is 1.75 bits per heavy atom. The van der Waals surface area contributed by atoms with Crippen molar-refractivity contribution in [3.05, 3.63) is 82.5 Å². The number of aliphatic hydroxyl groups excluding tert-OH is 1. The van der Waals surface area contributed by atoms with Crippen molar-refractivity contribution in [1.82, 2.24) is 15.2 Å². The molecule has 24 heavy (non-hydrogen) atoms. The van der Waals surface area contributed by atoms with Gasteiger partial charge in [0.25, 0.3) is 0 Å². The van der Waals surface area contributed by atoms with Gasteiger partial charge in [0.15, 0.2) is 5.82 Å². The third-order valence-electron chi connectivity index (χ3n) is 3.51. The van der Waals surface area contributed by atoms with E-state index in [9.17, 15) is 9.90 Å². The first-order chi connectivity index (χ1) is 11.8. The molecule has 0 saturated carbocycles. The van der Waals surface area contributed by atoms with Crippen LogP contribution >= 0.6 is 0 Å². The van der Waals surface area contributed by atoms with Gasteiger partial charge < -0.3 is 5.11 Å². The maximum Gasteiger partial charge on any atom is 0.340 e. The highest BCUT2D eigenvalue weighted by Crippen LogP contribution is 2.25. The third-order valence-corrected chi connectivity index (χ3v) is 3.51. The van der Waals surface area contributed by atoms with Gasteiger partial charge in [-0.05, 0) is 17.7 Å². The number of hydrogen-bond acceptors (Lipinski definition) is 5. The van der Waals surface area contributed by atoms with Crippen LogP contribution in [0.25, 0.3) is 0 Å². The number of hydroxylamine groups is 1. The van der Waals surface area contributed by atoms with Gasteiger partial charge in [-0.2, -0.15) is 5.10 Å². The van der Waals surface area contributed by atoms with Gasteiger partial charge >= 0.3 is 5.69 Å². The van der Waals surface area contributed by atoms with Gasteiger partial charge in [-0.25, -0.2) is 15.0 Å². The largest absolute Gasteiger partial charge is 0.394 e. The molecule has 0 bridgehead atoms. The van der Waals surface area contributed by atoms with Crippen LogP contribution in [0.5, 0.6) is 0 Å². The molecule has 0 amide bonds. The van der Waals surface area contributed by atoms with Crippen molar-refractivity contribution < 1.29 is 9.94 Å². The maximum atomic E-state index is 11.3. The zero-order chi connectivity index (χ0) is 16.8. The molecule has 0 fully saturated rings. The second-order valence-corrected chi connectivity index (χ2v) is 5.18. The second kappa shape index (κ2) is 7.58. The molecule has 2 aromatic carbocycles. The molecule has 7 heteroatoms. The average molecular weight is 326 g/mol. The molecule has 1 unspecified atom stereocenters. The second-order valence-electron chi connectivity index (χ2n) is 5.18. The van der Waals surface area contributed by atoms with Gasteiger partial charge in [-0.3, -0.25) is 9.82 Å². The van der Waals surface area contributed by atoms with Gasteiger partial charge in [0.2, 0.25) is 0 Å². The highest BCUT2D eigenvalue weighted by atomic mass is 16.7. The fourth-order valence-corrected chi connectivity index (χ4v) is 2.35. The minimum absolute atomic E-state index is 0.273. The Kier molecular flexibility index (Phi) is 5.05. The van der Waals surface area contributed by atoms with Crippen LogP contribution in [-0.2, 0) is 11.4 Å². The van der Waals surface area contributed by atoms with Crippen LogP contribution < -0.4 is 10.8 Å². The number of H-pyrrole nitrogens is 2. The zero-order valence-corrected chi connectivity index (χ0v) is 12.9. The molecule has 1 heterocycles. The number of nitrogens with zero attached hydrogens (tertiary/aromatic N) is 2. The van der Waals surface area contributed by atoms with E-state index in [1.54, 1.807) is 5.06 Å². The van der Waals surface area contributed by atoms with Crippen molar-refractivity contribution in [2.75, 3.05) is 11.7 Å². The van der Waals surface area contributed by atoms with Crippen molar-refractivity contribution in [2.45, 2.75) is 12.6 Å². The van der Waals surface area contributed by atoms with E-state index in [0.717, 1.165) is 11.3 Å². The first kappa shape index (κ1) is 16.0. The third kappa shape index (κ3) is 3.70. The van der Waals surface area contributed by atoms with Crippen LogP contribution in [-0.4, -0.2) is 26.9 Å². The Bertz CT molecular complexity index is 801. The number of para-hydroxylation sites is 1. The lowest BCUT2D eigenvalue weighted by Crippen LogP contribution is -2.32. The Labute approximate surface area is 138 Å². The minimum Gasteiger partial charge on any atom is -0.394 e. The van der Waals surface area contributed by atoms with E-state index in [1.165, 1.54) is 0 Å². The Hall–Kier alpha value is -2.90. The Morgan fingerprint density at radius 1 is 1.08 bits per heavy atom. The van der Waals surface area contributed by atoms with Crippen LogP contribution in [0, 0.1) is 0 Å². The molecule has 0 aliphatic rings. The zero-order valence-electron chi connectivity index (χ0n) is 12.9. The predicted octanol–water partition coefficient (Wildman–Crippen LogP) is 1.77. The quantitative estimate of drug-likeness (QED) is 0.575. The van der Waals surface area contributed by atoms with E-state index in [4.69, 9.17) is 4.84 Å². The molecule has 1 atom stereocenters. The summed E-state index contributed by atoms with van der Waals surface area (Å²) in [4.78, 5) is 19.8. The predicted molar refractivity (Wildman–Crippen MR) is 89.2 cm³/mol.